The molecular formula is C15H17BrN2. The van der Waals surface area contributed by atoms with Gasteiger partial charge < -0.3 is 5.32 Å². The largest absolute Gasteiger partial charge is 0.310 e. The lowest BCUT2D eigenvalue weighted by atomic mass is 10.1. The molecule has 0 aliphatic heterocycles. The second-order valence-electron chi connectivity index (χ2n) is 4.60. The molecule has 0 saturated carbocycles. The van der Waals surface area contributed by atoms with Crippen LogP contribution in [0.5, 0.6) is 0 Å². The summed E-state index contributed by atoms with van der Waals surface area (Å²) in [6, 6.07) is 10.9. The zero-order valence-corrected chi connectivity index (χ0v) is 12.2. The molecule has 0 bridgehead atoms. The van der Waals surface area contributed by atoms with E-state index in [1.54, 1.807) is 0 Å². The number of benzene rings is 1. The molecule has 0 atom stereocenters. The molecule has 94 valence electrons. The van der Waals surface area contributed by atoms with Gasteiger partial charge in [0.05, 0.1) is 0 Å². The molecule has 0 fully saturated rings. The highest BCUT2D eigenvalue weighted by molar-refractivity contribution is 9.10. The molecule has 0 spiro atoms. The van der Waals surface area contributed by atoms with Crippen LogP contribution in [0.2, 0.25) is 0 Å². The van der Waals surface area contributed by atoms with Crippen molar-refractivity contribution in [3.05, 3.63) is 52.8 Å². The third-order valence-corrected chi connectivity index (χ3v) is 3.39. The van der Waals surface area contributed by atoms with E-state index in [0.717, 1.165) is 16.6 Å². The molecule has 1 N–H and O–H groups in total. The normalized spacial score (nSPS) is 10.9. The Kier molecular flexibility index (Phi) is 4.50. The van der Waals surface area contributed by atoms with Gasteiger partial charge in [0.1, 0.15) is 0 Å². The predicted octanol–water partition coefficient (Wildman–Crippen LogP) is 4.01. The van der Waals surface area contributed by atoms with E-state index in [4.69, 9.17) is 0 Å². The van der Waals surface area contributed by atoms with Crippen LogP contribution in [0.1, 0.15) is 19.4 Å². The fraction of sp³-hybridized carbons (Fsp3) is 0.267. The summed E-state index contributed by atoms with van der Waals surface area (Å²) < 4.78 is 1.10. The summed E-state index contributed by atoms with van der Waals surface area (Å²) in [5, 5.41) is 3.40. The minimum Gasteiger partial charge on any atom is -0.310 e. The summed E-state index contributed by atoms with van der Waals surface area (Å²) in [5.41, 5.74) is 3.53. The summed E-state index contributed by atoms with van der Waals surface area (Å²) in [6.07, 6.45) is 3.81. The molecule has 1 aromatic heterocycles. The summed E-state index contributed by atoms with van der Waals surface area (Å²) in [6.45, 7) is 5.14. The molecule has 18 heavy (non-hydrogen) atoms. The molecule has 0 unspecified atom stereocenters. The average Bonchev–Trinajstić information content (AvgIpc) is 2.37. The highest BCUT2D eigenvalue weighted by atomic mass is 79.9. The van der Waals surface area contributed by atoms with Crippen LogP contribution in [-0.2, 0) is 6.54 Å². The molecule has 0 amide bonds. The third kappa shape index (κ3) is 3.40. The summed E-state index contributed by atoms with van der Waals surface area (Å²) in [7, 11) is 0. The number of nitrogens with zero attached hydrogens (tertiary/aromatic N) is 1. The van der Waals surface area contributed by atoms with Gasteiger partial charge in [-0.15, -0.1) is 0 Å². The van der Waals surface area contributed by atoms with Gasteiger partial charge in [-0.1, -0.05) is 48.0 Å². The van der Waals surface area contributed by atoms with Crippen LogP contribution in [0, 0.1) is 0 Å². The first-order chi connectivity index (χ1) is 8.66. The maximum atomic E-state index is 4.32. The molecule has 1 aromatic carbocycles. The van der Waals surface area contributed by atoms with Crippen molar-refractivity contribution in [3.8, 4) is 11.1 Å². The number of halogens is 1. The van der Waals surface area contributed by atoms with E-state index >= 15 is 0 Å². The zero-order valence-electron chi connectivity index (χ0n) is 10.7. The lowest BCUT2D eigenvalue weighted by Gasteiger charge is -2.09. The van der Waals surface area contributed by atoms with Gasteiger partial charge in [0, 0.05) is 35.0 Å². The van der Waals surface area contributed by atoms with Crippen LogP contribution in [0.3, 0.4) is 0 Å². The number of hydrogen-bond donors (Lipinski definition) is 1. The van der Waals surface area contributed by atoms with Gasteiger partial charge in [0.2, 0.25) is 0 Å². The maximum Gasteiger partial charge on any atom is 0.0346 e. The molecule has 2 rings (SSSR count). The van der Waals surface area contributed by atoms with Gasteiger partial charge in [-0.2, -0.15) is 0 Å². The summed E-state index contributed by atoms with van der Waals surface area (Å²) in [4.78, 5) is 4.32. The minimum atomic E-state index is 0.483. The molecule has 2 nitrogen and oxygen atoms in total. The van der Waals surface area contributed by atoms with Crippen LogP contribution in [0.15, 0.2) is 47.2 Å². The van der Waals surface area contributed by atoms with Gasteiger partial charge in [0.15, 0.2) is 0 Å². The summed E-state index contributed by atoms with van der Waals surface area (Å²) in [5.74, 6) is 0. The van der Waals surface area contributed by atoms with Crippen molar-refractivity contribution in [1.82, 2.24) is 10.3 Å². The Morgan fingerprint density at radius 2 is 2.00 bits per heavy atom. The van der Waals surface area contributed by atoms with E-state index in [9.17, 15) is 0 Å². The second-order valence-corrected chi connectivity index (χ2v) is 5.45. The molecule has 0 aliphatic carbocycles. The lowest BCUT2D eigenvalue weighted by molar-refractivity contribution is 0.588. The number of hydrogen-bond acceptors (Lipinski definition) is 2. The monoisotopic (exact) mass is 304 g/mol. The Balaban J connectivity index is 2.25. The molecule has 0 radical (unpaired) electrons. The Morgan fingerprint density at radius 1 is 1.22 bits per heavy atom. The third-order valence-electron chi connectivity index (χ3n) is 2.69. The topological polar surface area (TPSA) is 24.9 Å². The van der Waals surface area contributed by atoms with Gasteiger partial charge in [-0.05, 0) is 23.3 Å². The molecule has 0 saturated heterocycles. The van der Waals surface area contributed by atoms with Crippen molar-refractivity contribution in [2.24, 2.45) is 0 Å². The predicted molar refractivity (Wildman–Crippen MR) is 79.3 cm³/mol. The molecule has 1 heterocycles. The lowest BCUT2D eigenvalue weighted by Crippen LogP contribution is -2.21. The highest BCUT2D eigenvalue weighted by Gasteiger charge is 2.04. The van der Waals surface area contributed by atoms with E-state index < -0.39 is 0 Å². The van der Waals surface area contributed by atoms with E-state index in [1.165, 1.54) is 11.1 Å². The maximum absolute atomic E-state index is 4.32. The van der Waals surface area contributed by atoms with Crippen molar-refractivity contribution in [2.75, 3.05) is 0 Å². The second kappa shape index (κ2) is 6.12. The number of rotatable bonds is 4. The number of aromatic nitrogens is 1. The molecular weight excluding hydrogens is 288 g/mol. The molecule has 2 aromatic rings. The van der Waals surface area contributed by atoms with E-state index in [0.29, 0.717) is 6.04 Å². The Morgan fingerprint density at radius 3 is 2.72 bits per heavy atom. The van der Waals surface area contributed by atoms with Crippen molar-refractivity contribution >= 4 is 15.9 Å². The summed E-state index contributed by atoms with van der Waals surface area (Å²) >= 11 is 3.58. The average molecular weight is 305 g/mol. The first kappa shape index (κ1) is 13.2. The zero-order chi connectivity index (χ0) is 13.0. The van der Waals surface area contributed by atoms with Gasteiger partial charge >= 0.3 is 0 Å². The van der Waals surface area contributed by atoms with Crippen molar-refractivity contribution < 1.29 is 0 Å². The highest BCUT2D eigenvalue weighted by Crippen LogP contribution is 2.27. The van der Waals surface area contributed by atoms with E-state index in [1.807, 2.05) is 30.6 Å². The Hall–Kier alpha value is -1.19. The van der Waals surface area contributed by atoms with Crippen molar-refractivity contribution in [2.45, 2.75) is 26.4 Å². The van der Waals surface area contributed by atoms with E-state index in [-0.39, 0.29) is 0 Å². The standard InChI is InChI=1S/C15H17BrN2/c1-11(2)18-9-12-7-13(10-17-8-12)14-5-3-4-6-15(14)16/h3-8,10-11,18H,9H2,1-2H3. The van der Waals surface area contributed by atoms with Crippen molar-refractivity contribution in [3.63, 3.8) is 0 Å². The smallest absolute Gasteiger partial charge is 0.0346 e. The van der Waals surface area contributed by atoms with Gasteiger partial charge in [-0.25, -0.2) is 0 Å². The minimum absolute atomic E-state index is 0.483. The SMILES string of the molecule is CC(C)NCc1cncc(-c2ccccc2Br)c1. The van der Waals surface area contributed by atoms with Crippen LogP contribution in [0.4, 0.5) is 0 Å². The Labute approximate surface area is 117 Å². The Bertz CT molecular complexity index is 523. The number of pyridine rings is 1. The van der Waals surface area contributed by atoms with Gasteiger partial charge in [0.25, 0.3) is 0 Å². The van der Waals surface area contributed by atoms with Crippen LogP contribution < -0.4 is 5.32 Å². The molecule has 0 aliphatic rings. The first-order valence-corrected chi connectivity index (χ1v) is 6.88. The van der Waals surface area contributed by atoms with Crippen LogP contribution in [-0.4, -0.2) is 11.0 Å². The fourth-order valence-electron chi connectivity index (χ4n) is 1.75. The quantitative estimate of drug-likeness (QED) is 0.923. The van der Waals surface area contributed by atoms with Crippen LogP contribution >= 0.6 is 15.9 Å². The van der Waals surface area contributed by atoms with E-state index in [2.05, 4.69) is 52.2 Å². The first-order valence-electron chi connectivity index (χ1n) is 6.09. The van der Waals surface area contributed by atoms with Gasteiger partial charge in [-0.3, -0.25) is 4.98 Å². The fourth-order valence-corrected chi connectivity index (χ4v) is 2.26. The van der Waals surface area contributed by atoms with Crippen molar-refractivity contribution in [1.29, 1.82) is 0 Å². The molecule has 3 heteroatoms. The van der Waals surface area contributed by atoms with Crippen LogP contribution in [0.25, 0.3) is 11.1 Å². The number of nitrogens with one attached hydrogen (secondary N) is 1.